The molecule has 0 saturated heterocycles. The second-order valence-corrected chi connectivity index (χ2v) is 11.4. The first-order valence-corrected chi connectivity index (χ1v) is 14.5. The molecule has 1 atom stereocenters. The largest absolute Gasteiger partial charge is 0.354 e. The molecule has 0 saturated carbocycles. The van der Waals surface area contributed by atoms with E-state index in [9.17, 15) is 18.0 Å². The van der Waals surface area contributed by atoms with Gasteiger partial charge in [-0.2, -0.15) is 0 Å². The normalized spacial score (nSPS) is 12.0. The predicted molar refractivity (Wildman–Crippen MR) is 152 cm³/mol. The van der Waals surface area contributed by atoms with E-state index < -0.39 is 28.5 Å². The number of sulfonamides is 1. The minimum atomic E-state index is -4.17. The van der Waals surface area contributed by atoms with E-state index >= 15 is 0 Å². The molecule has 0 aliphatic carbocycles. The lowest BCUT2D eigenvalue weighted by molar-refractivity contribution is -0.139. The summed E-state index contributed by atoms with van der Waals surface area (Å²) in [6, 6.07) is 20.6. The Morgan fingerprint density at radius 2 is 1.55 bits per heavy atom. The third-order valence-electron chi connectivity index (χ3n) is 5.99. The lowest BCUT2D eigenvalue weighted by Gasteiger charge is -2.32. The first-order chi connectivity index (χ1) is 18.1. The average molecular weight is 577 g/mol. The van der Waals surface area contributed by atoms with Gasteiger partial charge in [-0.3, -0.25) is 13.9 Å². The van der Waals surface area contributed by atoms with Crippen LogP contribution in [0.15, 0.2) is 83.8 Å². The fourth-order valence-corrected chi connectivity index (χ4v) is 5.51. The average Bonchev–Trinajstić information content (AvgIpc) is 2.92. The van der Waals surface area contributed by atoms with Gasteiger partial charge in [-0.15, -0.1) is 0 Å². The molecule has 0 radical (unpaired) electrons. The number of carbonyl (C=O) groups excluding carboxylic acids is 2. The van der Waals surface area contributed by atoms with Crippen LogP contribution < -0.4 is 9.62 Å². The Bertz CT molecular complexity index is 1340. The number of anilines is 1. The number of hydrogen-bond donors (Lipinski definition) is 1. The van der Waals surface area contributed by atoms with Gasteiger partial charge < -0.3 is 10.2 Å². The van der Waals surface area contributed by atoms with Crippen LogP contribution in [0.2, 0.25) is 10.0 Å². The van der Waals surface area contributed by atoms with Gasteiger partial charge in [0.05, 0.1) is 20.6 Å². The summed E-state index contributed by atoms with van der Waals surface area (Å²) in [4.78, 5) is 28.2. The fourth-order valence-electron chi connectivity index (χ4n) is 3.79. The van der Waals surface area contributed by atoms with E-state index in [1.165, 1.54) is 35.2 Å². The fraction of sp³-hybridized carbons (Fsp3) is 0.286. The Kier molecular flexibility index (Phi) is 10.6. The number of hydrogen-bond acceptors (Lipinski definition) is 4. The summed E-state index contributed by atoms with van der Waals surface area (Å²) in [5.41, 5.74) is 0.984. The monoisotopic (exact) mass is 575 g/mol. The predicted octanol–water partition coefficient (Wildman–Crippen LogP) is 5.52. The Morgan fingerprint density at radius 3 is 2.16 bits per heavy atom. The molecule has 0 fully saturated rings. The minimum Gasteiger partial charge on any atom is -0.354 e. The summed E-state index contributed by atoms with van der Waals surface area (Å²) in [5, 5.41) is 3.26. The summed E-state index contributed by atoms with van der Waals surface area (Å²) in [7, 11) is -4.17. The zero-order chi connectivity index (χ0) is 27.7. The van der Waals surface area contributed by atoms with Gasteiger partial charge in [0.15, 0.2) is 0 Å². The van der Waals surface area contributed by atoms with Crippen molar-refractivity contribution in [1.29, 1.82) is 0 Å². The number of carbonyl (C=O) groups is 2. The van der Waals surface area contributed by atoms with Crippen LogP contribution in [-0.2, 0) is 26.2 Å². The van der Waals surface area contributed by atoms with Crippen LogP contribution in [0.25, 0.3) is 0 Å². The minimum absolute atomic E-state index is 0.0128. The van der Waals surface area contributed by atoms with Crippen molar-refractivity contribution in [1.82, 2.24) is 10.2 Å². The molecule has 202 valence electrons. The highest BCUT2D eigenvalue weighted by Gasteiger charge is 2.32. The van der Waals surface area contributed by atoms with Crippen molar-refractivity contribution in [3.05, 3.63) is 94.5 Å². The summed E-state index contributed by atoms with van der Waals surface area (Å²) >= 11 is 12.3. The first-order valence-electron chi connectivity index (χ1n) is 12.3. The van der Waals surface area contributed by atoms with Crippen molar-refractivity contribution in [3.8, 4) is 0 Å². The molecule has 3 rings (SSSR count). The van der Waals surface area contributed by atoms with Crippen LogP contribution in [0, 0.1) is 0 Å². The van der Waals surface area contributed by atoms with Gasteiger partial charge in [0.2, 0.25) is 11.8 Å². The molecule has 0 heterocycles. The lowest BCUT2D eigenvalue weighted by Crippen LogP contribution is -2.51. The number of halogens is 2. The van der Waals surface area contributed by atoms with Crippen LogP contribution in [0.1, 0.15) is 32.3 Å². The van der Waals surface area contributed by atoms with E-state index in [-0.39, 0.29) is 33.1 Å². The highest BCUT2D eigenvalue weighted by molar-refractivity contribution is 7.92. The molecule has 0 aliphatic heterocycles. The van der Waals surface area contributed by atoms with Crippen LogP contribution in [0.3, 0.4) is 0 Å². The van der Waals surface area contributed by atoms with E-state index in [1.54, 1.807) is 25.1 Å². The van der Waals surface area contributed by atoms with Crippen molar-refractivity contribution < 1.29 is 18.0 Å². The van der Waals surface area contributed by atoms with Crippen molar-refractivity contribution in [2.45, 2.75) is 44.2 Å². The second kappa shape index (κ2) is 13.6. The van der Waals surface area contributed by atoms with Crippen molar-refractivity contribution >= 4 is 50.7 Å². The van der Waals surface area contributed by atoms with E-state index in [2.05, 4.69) is 5.32 Å². The van der Waals surface area contributed by atoms with Gasteiger partial charge >= 0.3 is 0 Å². The van der Waals surface area contributed by atoms with E-state index in [0.29, 0.717) is 6.54 Å². The van der Waals surface area contributed by atoms with Gasteiger partial charge in [-0.05, 0) is 49.2 Å². The van der Waals surface area contributed by atoms with E-state index in [0.717, 1.165) is 22.7 Å². The molecule has 2 amide bonds. The molecule has 3 aromatic carbocycles. The number of rotatable bonds is 12. The smallest absolute Gasteiger partial charge is 0.264 e. The summed E-state index contributed by atoms with van der Waals surface area (Å²) < 4.78 is 28.4. The van der Waals surface area contributed by atoms with E-state index in [4.69, 9.17) is 23.2 Å². The number of amides is 2. The molecule has 1 N–H and O–H groups in total. The lowest BCUT2D eigenvalue weighted by atomic mass is 10.1. The number of benzene rings is 3. The van der Waals surface area contributed by atoms with Crippen LogP contribution in [0.5, 0.6) is 0 Å². The van der Waals surface area contributed by atoms with Gasteiger partial charge in [0, 0.05) is 13.1 Å². The number of unbranched alkanes of at least 4 members (excludes halogenated alkanes) is 1. The molecular weight excluding hydrogens is 545 g/mol. The van der Waals surface area contributed by atoms with Gasteiger partial charge in [-0.1, -0.05) is 85.1 Å². The molecule has 0 bridgehead atoms. The Morgan fingerprint density at radius 1 is 0.921 bits per heavy atom. The van der Waals surface area contributed by atoms with E-state index in [1.807, 2.05) is 37.3 Å². The SMILES string of the molecule is CCCCNC(=O)[C@H](C)N(Cc1ccccc1)C(=O)CN(c1ccc(Cl)c(Cl)c1)S(=O)(=O)c1ccccc1. The highest BCUT2D eigenvalue weighted by atomic mass is 35.5. The maximum absolute atomic E-state index is 13.8. The molecular formula is C28H31Cl2N3O4S. The van der Waals surface area contributed by atoms with Crippen molar-refractivity contribution in [3.63, 3.8) is 0 Å². The quantitative estimate of drug-likeness (QED) is 0.288. The molecule has 7 nitrogen and oxygen atoms in total. The standard InChI is InChI=1S/C28H31Cl2N3O4S/c1-3-4-17-31-28(35)21(2)32(19-22-11-7-5-8-12-22)27(34)20-33(23-15-16-25(29)26(30)18-23)38(36,37)24-13-9-6-10-14-24/h5-16,18,21H,3-4,17,19-20H2,1-2H3,(H,31,35)/t21-/m0/s1. The van der Waals surface area contributed by atoms with Crippen molar-refractivity contribution in [2.75, 3.05) is 17.4 Å². The van der Waals surface area contributed by atoms with Gasteiger partial charge in [0.25, 0.3) is 10.0 Å². The molecule has 0 aromatic heterocycles. The summed E-state index contributed by atoms with van der Waals surface area (Å²) in [6.07, 6.45) is 1.72. The highest BCUT2D eigenvalue weighted by Crippen LogP contribution is 2.30. The number of nitrogens with zero attached hydrogens (tertiary/aromatic N) is 2. The zero-order valence-corrected chi connectivity index (χ0v) is 23.6. The van der Waals surface area contributed by atoms with Gasteiger partial charge in [0.1, 0.15) is 12.6 Å². The molecule has 0 aliphatic rings. The zero-order valence-electron chi connectivity index (χ0n) is 21.3. The van der Waals surface area contributed by atoms with Crippen LogP contribution in [0.4, 0.5) is 5.69 Å². The molecule has 10 heteroatoms. The summed E-state index contributed by atoms with van der Waals surface area (Å²) in [6.45, 7) is 3.73. The van der Waals surface area contributed by atoms with Gasteiger partial charge in [-0.25, -0.2) is 8.42 Å². The maximum atomic E-state index is 13.8. The van der Waals surface area contributed by atoms with Crippen LogP contribution >= 0.6 is 23.2 Å². The molecule has 38 heavy (non-hydrogen) atoms. The summed E-state index contributed by atoms with van der Waals surface area (Å²) in [5.74, 6) is -0.854. The molecule has 0 spiro atoms. The maximum Gasteiger partial charge on any atom is 0.264 e. The Balaban J connectivity index is 1.99. The third kappa shape index (κ3) is 7.49. The molecule has 0 unspecified atom stereocenters. The number of nitrogens with one attached hydrogen (secondary N) is 1. The third-order valence-corrected chi connectivity index (χ3v) is 8.52. The second-order valence-electron chi connectivity index (χ2n) is 8.75. The van der Waals surface area contributed by atoms with Crippen LogP contribution in [-0.4, -0.2) is 44.3 Å². The Hall–Kier alpha value is -3.07. The first kappa shape index (κ1) is 29.5. The topological polar surface area (TPSA) is 86.8 Å². The molecule has 3 aromatic rings. The Labute approximate surface area is 234 Å². The van der Waals surface area contributed by atoms with Crippen molar-refractivity contribution in [2.24, 2.45) is 0 Å².